The summed E-state index contributed by atoms with van der Waals surface area (Å²) >= 11 is 2.11. The van der Waals surface area contributed by atoms with Crippen LogP contribution in [0.2, 0.25) is 0 Å². The lowest BCUT2D eigenvalue weighted by Crippen LogP contribution is -2.50. The fourth-order valence-electron chi connectivity index (χ4n) is 3.35. The quantitative estimate of drug-likeness (QED) is 0.866. The Labute approximate surface area is 127 Å². The van der Waals surface area contributed by atoms with E-state index in [4.69, 9.17) is 0 Å². The summed E-state index contributed by atoms with van der Waals surface area (Å²) in [4.78, 5) is 15.6. The Kier molecular flexibility index (Phi) is 6.02. The van der Waals surface area contributed by atoms with Gasteiger partial charge in [-0.05, 0) is 31.4 Å². The first-order chi connectivity index (χ1) is 9.61. The van der Waals surface area contributed by atoms with Crippen LogP contribution in [0.3, 0.4) is 0 Å². The number of carbonyl (C=O) groups excluding carboxylic acids is 1. The molecule has 1 saturated carbocycles. The Hall–Kier alpha value is -0.420. The SMILES string of the molecule is CCSC1CCCC1NC1CCN(C(=O)N(C)C)CC1. The number of carbonyl (C=O) groups is 1. The van der Waals surface area contributed by atoms with E-state index >= 15 is 0 Å². The van der Waals surface area contributed by atoms with Gasteiger partial charge in [-0.3, -0.25) is 0 Å². The van der Waals surface area contributed by atoms with Crippen LogP contribution in [0.15, 0.2) is 0 Å². The first-order valence-corrected chi connectivity index (χ1v) is 9.00. The van der Waals surface area contributed by atoms with E-state index in [0.29, 0.717) is 12.1 Å². The van der Waals surface area contributed by atoms with E-state index in [-0.39, 0.29) is 6.03 Å². The van der Waals surface area contributed by atoms with Crippen LogP contribution in [-0.2, 0) is 0 Å². The fourth-order valence-corrected chi connectivity index (χ4v) is 4.56. The first-order valence-electron chi connectivity index (χ1n) is 7.95. The second kappa shape index (κ2) is 7.55. The highest BCUT2D eigenvalue weighted by atomic mass is 32.2. The molecule has 0 spiro atoms. The van der Waals surface area contributed by atoms with E-state index in [1.54, 1.807) is 4.90 Å². The van der Waals surface area contributed by atoms with Crippen molar-refractivity contribution < 1.29 is 4.79 Å². The second-order valence-electron chi connectivity index (χ2n) is 6.14. The number of nitrogens with one attached hydrogen (secondary N) is 1. The van der Waals surface area contributed by atoms with Gasteiger partial charge >= 0.3 is 6.03 Å². The summed E-state index contributed by atoms with van der Waals surface area (Å²) in [5.74, 6) is 1.22. The van der Waals surface area contributed by atoms with E-state index in [9.17, 15) is 4.79 Å². The molecule has 2 aliphatic rings. The number of piperidine rings is 1. The lowest BCUT2D eigenvalue weighted by Gasteiger charge is -2.36. The minimum Gasteiger partial charge on any atom is -0.331 e. The fraction of sp³-hybridized carbons (Fsp3) is 0.933. The molecular weight excluding hydrogens is 270 g/mol. The van der Waals surface area contributed by atoms with Gasteiger partial charge in [0.05, 0.1) is 0 Å². The zero-order valence-corrected chi connectivity index (χ0v) is 13.9. The Morgan fingerprint density at radius 3 is 2.55 bits per heavy atom. The minimum absolute atomic E-state index is 0.156. The maximum Gasteiger partial charge on any atom is 0.319 e. The summed E-state index contributed by atoms with van der Waals surface area (Å²) in [5.41, 5.74) is 0. The molecule has 0 aromatic heterocycles. The molecule has 2 fully saturated rings. The molecule has 2 rings (SSSR count). The first kappa shape index (κ1) is 16.0. The summed E-state index contributed by atoms with van der Waals surface area (Å²) < 4.78 is 0. The Morgan fingerprint density at radius 2 is 1.95 bits per heavy atom. The second-order valence-corrected chi connectivity index (χ2v) is 7.65. The van der Waals surface area contributed by atoms with E-state index in [1.807, 2.05) is 19.0 Å². The lowest BCUT2D eigenvalue weighted by atomic mass is 10.0. The maximum atomic E-state index is 11.9. The van der Waals surface area contributed by atoms with Gasteiger partial charge in [0.2, 0.25) is 0 Å². The Morgan fingerprint density at radius 1 is 1.25 bits per heavy atom. The molecule has 2 amide bonds. The van der Waals surface area contributed by atoms with Crippen LogP contribution in [0.5, 0.6) is 0 Å². The van der Waals surface area contributed by atoms with Gasteiger partial charge in [-0.25, -0.2) is 4.79 Å². The molecule has 0 aromatic rings. The third kappa shape index (κ3) is 4.04. The largest absolute Gasteiger partial charge is 0.331 e. The van der Waals surface area contributed by atoms with Crippen LogP contribution in [0.25, 0.3) is 0 Å². The van der Waals surface area contributed by atoms with Gasteiger partial charge in [0.25, 0.3) is 0 Å². The highest BCUT2D eigenvalue weighted by Crippen LogP contribution is 2.30. The molecule has 2 unspecified atom stereocenters. The Bertz CT molecular complexity index is 316. The van der Waals surface area contributed by atoms with Crippen molar-refractivity contribution in [3.8, 4) is 0 Å². The topological polar surface area (TPSA) is 35.6 Å². The molecule has 1 heterocycles. The molecule has 0 aromatic carbocycles. The number of thioether (sulfide) groups is 1. The molecule has 20 heavy (non-hydrogen) atoms. The summed E-state index contributed by atoms with van der Waals surface area (Å²) in [6, 6.07) is 1.45. The smallest absolute Gasteiger partial charge is 0.319 e. The molecule has 2 atom stereocenters. The van der Waals surface area contributed by atoms with Gasteiger partial charge < -0.3 is 15.1 Å². The van der Waals surface area contributed by atoms with Crippen molar-refractivity contribution in [1.82, 2.24) is 15.1 Å². The average Bonchev–Trinajstić information content (AvgIpc) is 2.86. The van der Waals surface area contributed by atoms with Crippen molar-refractivity contribution in [3.63, 3.8) is 0 Å². The highest BCUT2D eigenvalue weighted by Gasteiger charge is 2.31. The monoisotopic (exact) mass is 299 g/mol. The third-order valence-electron chi connectivity index (χ3n) is 4.43. The zero-order valence-electron chi connectivity index (χ0n) is 13.1. The van der Waals surface area contributed by atoms with Gasteiger partial charge in [-0.15, -0.1) is 0 Å². The normalized spacial score (nSPS) is 27.9. The maximum absolute atomic E-state index is 11.9. The summed E-state index contributed by atoms with van der Waals surface area (Å²) in [6.07, 6.45) is 6.26. The van der Waals surface area contributed by atoms with Crippen molar-refractivity contribution in [2.75, 3.05) is 32.9 Å². The van der Waals surface area contributed by atoms with Gasteiger partial charge in [-0.2, -0.15) is 11.8 Å². The predicted octanol–water partition coefficient (Wildman–Crippen LogP) is 2.40. The predicted molar refractivity (Wildman–Crippen MR) is 86.4 cm³/mol. The number of nitrogens with zero attached hydrogens (tertiary/aromatic N) is 2. The minimum atomic E-state index is 0.156. The number of urea groups is 1. The van der Waals surface area contributed by atoms with Gasteiger partial charge in [0, 0.05) is 44.5 Å². The Balaban J connectivity index is 1.75. The van der Waals surface area contributed by atoms with Crippen LogP contribution in [0.4, 0.5) is 4.79 Å². The zero-order chi connectivity index (χ0) is 14.5. The number of hydrogen-bond acceptors (Lipinski definition) is 3. The molecule has 0 bridgehead atoms. The van der Waals surface area contributed by atoms with Gasteiger partial charge in [0.1, 0.15) is 0 Å². The molecule has 5 heteroatoms. The number of amides is 2. The number of likely N-dealkylation sites (tertiary alicyclic amines) is 1. The molecule has 4 nitrogen and oxygen atoms in total. The standard InChI is InChI=1S/C15H29N3OS/c1-4-20-14-7-5-6-13(14)16-12-8-10-18(11-9-12)15(19)17(2)3/h12-14,16H,4-11H2,1-3H3. The molecule has 1 aliphatic carbocycles. The number of rotatable bonds is 4. The third-order valence-corrected chi connectivity index (χ3v) is 5.76. The molecule has 116 valence electrons. The molecule has 0 radical (unpaired) electrons. The van der Waals surface area contributed by atoms with Crippen LogP contribution >= 0.6 is 11.8 Å². The van der Waals surface area contributed by atoms with Gasteiger partial charge in [-0.1, -0.05) is 13.3 Å². The summed E-state index contributed by atoms with van der Waals surface area (Å²) in [7, 11) is 3.66. The van der Waals surface area contributed by atoms with Crippen molar-refractivity contribution in [2.45, 2.75) is 56.4 Å². The molecule has 1 aliphatic heterocycles. The van der Waals surface area contributed by atoms with Crippen LogP contribution < -0.4 is 5.32 Å². The van der Waals surface area contributed by atoms with Crippen molar-refractivity contribution in [2.24, 2.45) is 0 Å². The van der Waals surface area contributed by atoms with Crippen LogP contribution in [-0.4, -0.2) is 66.1 Å². The summed E-state index contributed by atoms with van der Waals surface area (Å²) in [6.45, 7) is 4.05. The van der Waals surface area contributed by atoms with E-state index in [0.717, 1.165) is 31.2 Å². The van der Waals surface area contributed by atoms with Crippen LogP contribution in [0.1, 0.15) is 39.0 Å². The van der Waals surface area contributed by atoms with E-state index in [1.165, 1.54) is 25.0 Å². The number of hydrogen-bond donors (Lipinski definition) is 1. The van der Waals surface area contributed by atoms with E-state index in [2.05, 4.69) is 24.0 Å². The van der Waals surface area contributed by atoms with E-state index < -0.39 is 0 Å². The lowest BCUT2D eigenvalue weighted by molar-refractivity contribution is 0.151. The average molecular weight is 299 g/mol. The van der Waals surface area contributed by atoms with Crippen molar-refractivity contribution >= 4 is 17.8 Å². The van der Waals surface area contributed by atoms with Gasteiger partial charge in [0.15, 0.2) is 0 Å². The molecule has 1 saturated heterocycles. The summed E-state index contributed by atoms with van der Waals surface area (Å²) in [5, 5.41) is 4.68. The molecule has 1 N–H and O–H groups in total. The molecular formula is C15H29N3OS. The van der Waals surface area contributed by atoms with Crippen LogP contribution in [0, 0.1) is 0 Å². The van der Waals surface area contributed by atoms with Crippen molar-refractivity contribution in [1.29, 1.82) is 0 Å². The van der Waals surface area contributed by atoms with Crippen molar-refractivity contribution in [3.05, 3.63) is 0 Å². The highest BCUT2D eigenvalue weighted by molar-refractivity contribution is 7.99.